The van der Waals surface area contributed by atoms with Crippen molar-refractivity contribution in [2.75, 3.05) is 6.54 Å². The second-order valence-electron chi connectivity index (χ2n) is 4.25. The fourth-order valence-corrected chi connectivity index (χ4v) is 1.96. The maximum atomic E-state index is 12.9. The predicted molar refractivity (Wildman–Crippen MR) is 68.5 cm³/mol. The van der Waals surface area contributed by atoms with E-state index in [4.69, 9.17) is 5.73 Å². The van der Waals surface area contributed by atoms with Gasteiger partial charge in [0.25, 0.3) is 0 Å². The Kier molecular flexibility index (Phi) is 3.55. The molecular weight excluding hydrogens is 213 g/mol. The molecule has 0 radical (unpaired) electrons. The third-order valence-electron chi connectivity index (χ3n) is 2.99. The molecule has 0 saturated carbocycles. The van der Waals surface area contributed by atoms with Crippen LogP contribution in [0.3, 0.4) is 0 Å². The monoisotopic (exact) mass is 229 g/mol. The van der Waals surface area contributed by atoms with E-state index in [-0.39, 0.29) is 11.7 Å². The maximum absolute atomic E-state index is 12.9. The summed E-state index contributed by atoms with van der Waals surface area (Å²) < 4.78 is 12.9. The number of rotatable bonds is 3. The van der Waals surface area contributed by atoms with Gasteiger partial charge in [-0.3, -0.25) is 0 Å². The van der Waals surface area contributed by atoms with Crippen LogP contribution in [-0.2, 0) is 0 Å². The molecule has 1 nitrogen and oxygen atoms in total. The summed E-state index contributed by atoms with van der Waals surface area (Å²) in [5.41, 5.74) is 9.27. The number of aryl methyl sites for hydroxylation is 1. The molecule has 17 heavy (non-hydrogen) atoms. The van der Waals surface area contributed by atoms with Crippen LogP contribution in [0.4, 0.5) is 4.39 Å². The molecule has 0 saturated heterocycles. The second-order valence-corrected chi connectivity index (χ2v) is 4.25. The highest BCUT2D eigenvalue weighted by molar-refractivity contribution is 5.34. The van der Waals surface area contributed by atoms with Gasteiger partial charge >= 0.3 is 0 Å². The molecule has 0 aliphatic heterocycles. The number of benzene rings is 2. The molecule has 0 aliphatic rings. The Hall–Kier alpha value is -1.67. The van der Waals surface area contributed by atoms with E-state index >= 15 is 0 Å². The van der Waals surface area contributed by atoms with Gasteiger partial charge in [-0.1, -0.05) is 42.0 Å². The van der Waals surface area contributed by atoms with Crippen LogP contribution in [0.5, 0.6) is 0 Å². The third kappa shape index (κ3) is 2.71. The van der Waals surface area contributed by atoms with Crippen molar-refractivity contribution in [3.63, 3.8) is 0 Å². The van der Waals surface area contributed by atoms with Crippen LogP contribution in [0.2, 0.25) is 0 Å². The van der Waals surface area contributed by atoms with Crippen LogP contribution in [0.15, 0.2) is 48.5 Å². The van der Waals surface area contributed by atoms with E-state index in [1.54, 1.807) is 12.1 Å². The number of nitrogens with two attached hydrogens (primary N) is 1. The van der Waals surface area contributed by atoms with Crippen LogP contribution in [0, 0.1) is 12.7 Å². The standard InChI is InChI=1S/C15H16FN/c1-11-2-4-12(5-3-11)15(10-17)13-6-8-14(16)9-7-13/h2-9,15H,10,17H2,1H3. The molecule has 2 heteroatoms. The van der Waals surface area contributed by atoms with E-state index in [1.807, 2.05) is 0 Å². The molecule has 0 fully saturated rings. The minimum atomic E-state index is -0.214. The summed E-state index contributed by atoms with van der Waals surface area (Å²) in [7, 11) is 0. The molecule has 2 aromatic rings. The van der Waals surface area contributed by atoms with Gasteiger partial charge in [-0.05, 0) is 30.2 Å². The van der Waals surface area contributed by atoms with E-state index in [1.165, 1.54) is 23.3 Å². The summed E-state index contributed by atoms with van der Waals surface area (Å²) in [4.78, 5) is 0. The van der Waals surface area contributed by atoms with Crippen LogP contribution in [-0.4, -0.2) is 6.54 Å². The predicted octanol–water partition coefficient (Wildman–Crippen LogP) is 3.22. The first-order valence-corrected chi connectivity index (χ1v) is 5.73. The molecule has 0 bridgehead atoms. The zero-order chi connectivity index (χ0) is 12.3. The second kappa shape index (κ2) is 5.11. The van der Waals surface area contributed by atoms with E-state index in [2.05, 4.69) is 31.2 Å². The highest BCUT2D eigenvalue weighted by atomic mass is 19.1. The third-order valence-corrected chi connectivity index (χ3v) is 2.99. The fraction of sp³-hybridized carbons (Fsp3) is 0.200. The molecule has 88 valence electrons. The van der Waals surface area contributed by atoms with Gasteiger partial charge in [0, 0.05) is 12.5 Å². The molecule has 0 heterocycles. The molecular formula is C15H16FN. The average Bonchev–Trinajstić information content (AvgIpc) is 2.35. The molecule has 0 spiro atoms. The lowest BCUT2D eigenvalue weighted by atomic mass is 9.91. The Labute approximate surface area is 101 Å². The summed E-state index contributed by atoms with van der Waals surface area (Å²) in [5, 5.41) is 0. The minimum Gasteiger partial charge on any atom is -0.330 e. The average molecular weight is 229 g/mol. The van der Waals surface area contributed by atoms with E-state index in [0.29, 0.717) is 6.54 Å². The van der Waals surface area contributed by atoms with Gasteiger partial charge in [-0.15, -0.1) is 0 Å². The van der Waals surface area contributed by atoms with Crippen molar-refractivity contribution in [2.45, 2.75) is 12.8 Å². The number of hydrogen-bond acceptors (Lipinski definition) is 1. The first-order valence-electron chi connectivity index (χ1n) is 5.73. The van der Waals surface area contributed by atoms with Crippen molar-refractivity contribution in [3.05, 3.63) is 71.0 Å². The Morgan fingerprint density at radius 1 is 0.941 bits per heavy atom. The van der Waals surface area contributed by atoms with Gasteiger partial charge in [0.2, 0.25) is 0 Å². The Morgan fingerprint density at radius 2 is 1.41 bits per heavy atom. The van der Waals surface area contributed by atoms with E-state index in [9.17, 15) is 4.39 Å². The van der Waals surface area contributed by atoms with Gasteiger partial charge in [-0.2, -0.15) is 0 Å². The van der Waals surface area contributed by atoms with Crippen molar-refractivity contribution >= 4 is 0 Å². The largest absolute Gasteiger partial charge is 0.330 e. The number of hydrogen-bond donors (Lipinski definition) is 1. The Morgan fingerprint density at radius 3 is 1.88 bits per heavy atom. The van der Waals surface area contributed by atoms with Gasteiger partial charge in [0.15, 0.2) is 0 Å². The quantitative estimate of drug-likeness (QED) is 0.859. The first-order chi connectivity index (χ1) is 8.20. The van der Waals surface area contributed by atoms with Crippen LogP contribution < -0.4 is 5.73 Å². The minimum absolute atomic E-state index is 0.135. The summed E-state index contributed by atoms with van der Waals surface area (Å²) in [6, 6.07) is 14.9. The molecule has 2 N–H and O–H groups in total. The molecule has 2 rings (SSSR count). The molecule has 0 aliphatic carbocycles. The van der Waals surface area contributed by atoms with Gasteiger partial charge < -0.3 is 5.73 Å². The molecule has 1 atom stereocenters. The van der Waals surface area contributed by atoms with Gasteiger partial charge in [-0.25, -0.2) is 4.39 Å². The van der Waals surface area contributed by atoms with Crippen molar-refractivity contribution in [2.24, 2.45) is 5.73 Å². The first kappa shape index (κ1) is 11.8. The normalized spacial score (nSPS) is 12.4. The Bertz CT molecular complexity index is 428. The highest BCUT2D eigenvalue weighted by Gasteiger charge is 2.11. The van der Waals surface area contributed by atoms with E-state index < -0.39 is 0 Å². The van der Waals surface area contributed by atoms with Gasteiger partial charge in [0.05, 0.1) is 0 Å². The number of halogens is 1. The molecule has 0 aromatic heterocycles. The summed E-state index contributed by atoms with van der Waals surface area (Å²) >= 11 is 0. The topological polar surface area (TPSA) is 26.0 Å². The lowest BCUT2D eigenvalue weighted by Gasteiger charge is -2.16. The summed E-state index contributed by atoms with van der Waals surface area (Å²) in [6.07, 6.45) is 0. The summed E-state index contributed by atoms with van der Waals surface area (Å²) in [6.45, 7) is 2.58. The van der Waals surface area contributed by atoms with Crippen molar-refractivity contribution in [3.8, 4) is 0 Å². The molecule has 2 aromatic carbocycles. The molecule has 1 unspecified atom stereocenters. The Balaban J connectivity index is 2.33. The van der Waals surface area contributed by atoms with Crippen LogP contribution >= 0.6 is 0 Å². The maximum Gasteiger partial charge on any atom is 0.123 e. The van der Waals surface area contributed by atoms with E-state index in [0.717, 1.165) is 5.56 Å². The SMILES string of the molecule is Cc1ccc(C(CN)c2ccc(F)cc2)cc1. The lowest BCUT2D eigenvalue weighted by Crippen LogP contribution is -2.13. The highest BCUT2D eigenvalue weighted by Crippen LogP contribution is 2.24. The zero-order valence-electron chi connectivity index (χ0n) is 9.86. The lowest BCUT2D eigenvalue weighted by molar-refractivity contribution is 0.626. The van der Waals surface area contributed by atoms with Crippen molar-refractivity contribution in [1.29, 1.82) is 0 Å². The summed E-state index contributed by atoms with van der Waals surface area (Å²) in [5.74, 6) is -0.0790. The zero-order valence-corrected chi connectivity index (χ0v) is 9.86. The van der Waals surface area contributed by atoms with Crippen LogP contribution in [0.1, 0.15) is 22.6 Å². The molecule has 0 amide bonds. The van der Waals surface area contributed by atoms with Gasteiger partial charge in [0.1, 0.15) is 5.82 Å². The fourth-order valence-electron chi connectivity index (χ4n) is 1.96. The smallest absolute Gasteiger partial charge is 0.123 e. The van der Waals surface area contributed by atoms with Crippen LogP contribution in [0.25, 0.3) is 0 Å². The van der Waals surface area contributed by atoms with Crippen molar-refractivity contribution < 1.29 is 4.39 Å². The van der Waals surface area contributed by atoms with Crippen molar-refractivity contribution in [1.82, 2.24) is 0 Å².